The van der Waals surface area contributed by atoms with Gasteiger partial charge in [0.1, 0.15) is 23.3 Å². The molecule has 5 aliphatic heterocycles. The highest BCUT2D eigenvalue weighted by molar-refractivity contribution is 6.15. The number of aryl methyl sites for hydroxylation is 2. The van der Waals surface area contributed by atoms with E-state index >= 15 is 4.39 Å². The van der Waals surface area contributed by atoms with E-state index in [2.05, 4.69) is 74.3 Å². The molecule has 5 aromatic rings. The van der Waals surface area contributed by atoms with Gasteiger partial charge in [-0.3, -0.25) is 34.3 Å². The second-order valence-corrected chi connectivity index (χ2v) is 20.5. The minimum atomic E-state index is -0.642. The molecule has 6 aliphatic rings. The Morgan fingerprint density at radius 2 is 1.68 bits per heavy atom. The van der Waals surface area contributed by atoms with E-state index in [0.29, 0.717) is 55.4 Å². The van der Waals surface area contributed by atoms with E-state index in [-0.39, 0.29) is 41.9 Å². The number of hydrogen-bond acceptors (Lipinski definition) is 9. The summed E-state index contributed by atoms with van der Waals surface area (Å²) in [6.45, 7) is 8.89. The molecule has 4 amide bonds. The number of hydrogen-bond donors (Lipinski definition) is 2. The highest BCUT2D eigenvalue weighted by Crippen LogP contribution is 2.59. The minimum absolute atomic E-state index is 0.000658. The first-order valence-corrected chi connectivity index (χ1v) is 25.1. The van der Waals surface area contributed by atoms with Gasteiger partial charge in [-0.25, -0.2) is 14.4 Å². The number of likely N-dealkylation sites (tertiary alicyclic amines) is 1. The van der Waals surface area contributed by atoms with E-state index in [0.717, 1.165) is 121 Å². The Morgan fingerprint density at radius 3 is 2.35 bits per heavy atom. The number of carbonyl (C=O) groups is 4. The van der Waals surface area contributed by atoms with Crippen LogP contribution < -0.4 is 20.4 Å². The number of amides is 4. The van der Waals surface area contributed by atoms with Crippen molar-refractivity contribution in [3.63, 3.8) is 0 Å². The standard InChI is InChI=1S/C55H62FN9O4/c1-33-27-39(29-44(56)50(33)37-16-25-62(26-17-37)34(2)47-31-42-41(11-20-58-51(42)61(47)4)38-5-9-48(57-3)59-32-38)53(68)64-23-14-36(15-24-64)28-35-12-21-63(22-13-35)40-6-7-45-43(30-40)55(18-19-55)54(69)65(45)46-8-10-49(66)60-52(46)67/h5-7,9,11,16,20,27,29-32,34-36,46H,8,10,12-15,17-19,21-26,28H2,1-4H3,(H,57,59)(H,60,66,67)/t34-,46?/m0/s1. The van der Waals surface area contributed by atoms with Gasteiger partial charge in [-0.2, -0.15) is 0 Å². The number of nitrogens with one attached hydrogen (secondary N) is 2. The molecule has 13 nitrogen and oxygen atoms in total. The smallest absolute Gasteiger partial charge is 0.253 e. The van der Waals surface area contributed by atoms with E-state index in [1.807, 2.05) is 55.5 Å². The van der Waals surface area contributed by atoms with Gasteiger partial charge in [0.15, 0.2) is 0 Å². The number of aromatic nitrogens is 3. The zero-order valence-corrected chi connectivity index (χ0v) is 40.2. The fourth-order valence-electron chi connectivity index (χ4n) is 12.4. The van der Waals surface area contributed by atoms with Crippen LogP contribution >= 0.6 is 0 Å². The van der Waals surface area contributed by atoms with Gasteiger partial charge in [-0.1, -0.05) is 6.08 Å². The Kier molecular flexibility index (Phi) is 11.6. The summed E-state index contributed by atoms with van der Waals surface area (Å²) in [5, 5.41) is 6.60. The molecule has 0 radical (unpaired) electrons. The zero-order chi connectivity index (χ0) is 47.7. The van der Waals surface area contributed by atoms with Crippen molar-refractivity contribution in [1.82, 2.24) is 29.7 Å². The Balaban J connectivity index is 0.674. The van der Waals surface area contributed by atoms with Gasteiger partial charge in [-0.05, 0) is 160 Å². The van der Waals surface area contributed by atoms with E-state index in [1.54, 1.807) is 4.90 Å². The van der Waals surface area contributed by atoms with Crippen molar-refractivity contribution >= 4 is 57.4 Å². The molecule has 3 saturated heterocycles. The predicted octanol–water partition coefficient (Wildman–Crippen LogP) is 8.32. The summed E-state index contributed by atoms with van der Waals surface area (Å²) in [5.74, 6) is 0.917. The molecule has 1 saturated carbocycles. The SMILES string of the molecule is CNc1ccc(-c2ccnc3c2cc([C@H](C)N2CC=C(c4c(C)cc(C(=O)N5CCC(CC6CCN(c7ccc8c(c7)C7(CC7)C(=O)N8C7CCC(=O)NC7=O)CC6)CC5)cc4F)CC2)n3C)cn1. The first kappa shape index (κ1) is 45.1. The Morgan fingerprint density at radius 1 is 0.913 bits per heavy atom. The van der Waals surface area contributed by atoms with Gasteiger partial charge < -0.3 is 19.7 Å². The molecule has 4 fully saturated rings. The summed E-state index contributed by atoms with van der Waals surface area (Å²) >= 11 is 0. The lowest BCUT2D eigenvalue weighted by atomic mass is 9.82. The van der Waals surface area contributed by atoms with Crippen molar-refractivity contribution < 1.29 is 23.6 Å². The third-order valence-corrected chi connectivity index (χ3v) is 16.6. The fourth-order valence-corrected chi connectivity index (χ4v) is 12.4. The van der Waals surface area contributed by atoms with Gasteiger partial charge in [0.25, 0.3) is 5.91 Å². The third kappa shape index (κ3) is 8.07. The van der Waals surface area contributed by atoms with Crippen LogP contribution in [-0.2, 0) is 26.8 Å². The maximum Gasteiger partial charge on any atom is 0.253 e. The number of pyridine rings is 2. The van der Waals surface area contributed by atoms with Crippen LogP contribution in [0.25, 0.3) is 27.7 Å². The van der Waals surface area contributed by atoms with Crippen LogP contribution in [0, 0.1) is 24.6 Å². The highest BCUT2D eigenvalue weighted by atomic mass is 19.1. The van der Waals surface area contributed by atoms with Crippen molar-refractivity contribution in [1.29, 1.82) is 0 Å². The van der Waals surface area contributed by atoms with Crippen molar-refractivity contribution in [2.24, 2.45) is 18.9 Å². The molecule has 3 aromatic heterocycles. The van der Waals surface area contributed by atoms with E-state index in [9.17, 15) is 19.2 Å². The highest BCUT2D eigenvalue weighted by Gasteiger charge is 2.61. The van der Waals surface area contributed by atoms with Crippen LogP contribution in [0.1, 0.15) is 110 Å². The average Bonchev–Trinajstić information content (AvgIpc) is 4.06. The lowest BCUT2D eigenvalue weighted by Crippen LogP contribution is -2.54. The molecule has 69 heavy (non-hydrogen) atoms. The minimum Gasteiger partial charge on any atom is -0.373 e. The second kappa shape index (κ2) is 17.8. The number of anilines is 3. The monoisotopic (exact) mass is 931 g/mol. The topological polar surface area (TPSA) is 136 Å². The fraction of sp³-hybridized carbons (Fsp3) is 0.455. The molecule has 8 heterocycles. The molecule has 2 atom stereocenters. The van der Waals surface area contributed by atoms with Gasteiger partial charge in [0.05, 0.1) is 5.41 Å². The van der Waals surface area contributed by atoms with Crippen molar-refractivity contribution in [2.75, 3.05) is 61.4 Å². The molecule has 1 spiro atoms. The van der Waals surface area contributed by atoms with Gasteiger partial charge in [-0.15, -0.1) is 0 Å². The van der Waals surface area contributed by atoms with Gasteiger partial charge in [0.2, 0.25) is 17.7 Å². The normalized spacial score (nSPS) is 21.5. The van der Waals surface area contributed by atoms with Crippen LogP contribution in [-0.4, -0.2) is 100 Å². The second-order valence-electron chi connectivity index (χ2n) is 20.5. The number of piperidine rings is 3. The summed E-state index contributed by atoms with van der Waals surface area (Å²) in [6, 6.07) is 17.5. The first-order valence-electron chi connectivity index (χ1n) is 25.1. The first-order chi connectivity index (χ1) is 33.4. The summed E-state index contributed by atoms with van der Waals surface area (Å²) in [4.78, 5) is 69.9. The summed E-state index contributed by atoms with van der Waals surface area (Å²) in [7, 11) is 3.93. The number of benzene rings is 2. The maximum atomic E-state index is 16.1. The van der Waals surface area contributed by atoms with E-state index in [4.69, 9.17) is 4.98 Å². The Bertz CT molecular complexity index is 2880. The molecule has 358 valence electrons. The molecular weight excluding hydrogens is 870 g/mol. The summed E-state index contributed by atoms with van der Waals surface area (Å²) < 4.78 is 18.3. The number of nitrogens with zero attached hydrogens (tertiary/aromatic N) is 7. The average molecular weight is 932 g/mol. The van der Waals surface area contributed by atoms with Crippen LogP contribution in [0.3, 0.4) is 0 Å². The Hall–Kier alpha value is -6.41. The molecule has 0 bridgehead atoms. The molecular formula is C55H62FN9O4. The zero-order valence-electron chi connectivity index (χ0n) is 40.2. The predicted molar refractivity (Wildman–Crippen MR) is 266 cm³/mol. The molecule has 1 aliphatic carbocycles. The van der Waals surface area contributed by atoms with Gasteiger partial charge >= 0.3 is 0 Å². The van der Waals surface area contributed by atoms with Gasteiger partial charge in [0, 0.05) is 117 Å². The van der Waals surface area contributed by atoms with Crippen LogP contribution in [0.15, 0.2) is 73.1 Å². The summed E-state index contributed by atoms with van der Waals surface area (Å²) in [6.07, 6.45) is 14.0. The van der Waals surface area contributed by atoms with Crippen LogP contribution in [0.2, 0.25) is 0 Å². The number of fused-ring (bicyclic) bond motifs is 3. The molecule has 11 rings (SSSR count). The van der Waals surface area contributed by atoms with Crippen molar-refractivity contribution in [2.45, 2.75) is 95.6 Å². The van der Waals surface area contributed by atoms with E-state index < -0.39 is 11.5 Å². The molecule has 14 heteroatoms. The Labute approximate surface area is 403 Å². The maximum absolute atomic E-state index is 16.1. The molecule has 2 N–H and O–H groups in total. The summed E-state index contributed by atoms with van der Waals surface area (Å²) in [5.41, 5.74) is 9.51. The number of carbonyl (C=O) groups excluding carboxylic acids is 4. The lowest BCUT2D eigenvalue weighted by Gasteiger charge is -2.38. The quantitative estimate of drug-likeness (QED) is 0.133. The number of halogens is 1. The van der Waals surface area contributed by atoms with Crippen molar-refractivity contribution in [3.8, 4) is 11.1 Å². The lowest BCUT2D eigenvalue weighted by molar-refractivity contribution is -0.135. The molecule has 1 unspecified atom stereocenters. The van der Waals surface area contributed by atoms with Crippen LogP contribution in [0.5, 0.6) is 0 Å². The van der Waals surface area contributed by atoms with E-state index in [1.165, 1.54) is 11.8 Å². The molecule has 2 aromatic carbocycles. The van der Waals surface area contributed by atoms with Crippen LogP contribution in [0.4, 0.5) is 21.6 Å². The van der Waals surface area contributed by atoms with Crippen molar-refractivity contribution in [3.05, 3.63) is 107 Å². The number of rotatable bonds is 10. The largest absolute Gasteiger partial charge is 0.373 e. The third-order valence-electron chi connectivity index (χ3n) is 16.6. The number of imide groups is 1.